The van der Waals surface area contributed by atoms with Gasteiger partial charge in [-0.05, 0) is 6.92 Å². The SMILES string of the molecule is CCC(O)=C(C)O. The van der Waals surface area contributed by atoms with Crippen LogP contribution in [0.4, 0.5) is 0 Å². The van der Waals surface area contributed by atoms with Gasteiger partial charge in [-0.2, -0.15) is 0 Å². The first-order valence-electron chi connectivity index (χ1n) is 2.26. The zero-order valence-corrected chi connectivity index (χ0v) is 4.60. The fraction of sp³-hybridized carbons (Fsp3) is 0.600. The summed E-state index contributed by atoms with van der Waals surface area (Å²) in [5, 5.41) is 17.0. The van der Waals surface area contributed by atoms with Crippen LogP contribution in [0.15, 0.2) is 11.5 Å². The lowest BCUT2D eigenvalue weighted by atomic mass is 10.3. The fourth-order valence-electron chi connectivity index (χ4n) is 0.256. The summed E-state index contributed by atoms with van der Waals surface area (Å²) < 4.78 is 0. The third-order valence-electron chi connectivity index (χ3n) is 0.753. The van der Waals surface area contributed by atoms with Gasteiger partial charge < -0.3 is 10.2 Å². The Labute approximate surface area is 43.1 Å². The molecule has 0 aromatic heterocycles. The molecule has 0 bridgehead atoms. The molecule has 0 rings (SSSR count). The standard InChI is InChI=1S/C5H10O2/c1-3-5(7)4(2)6/h6-7H,3H2,1-2H3. The molecule has 0 amide bonds. The first-order chi connectivity index (χ1) is 3.18. The zero-order chi connectivity index (χ0) is 5.86. The quantitative estimate of drug-likeness (QED) is 0.495. The molecule has 0 saturated carbocycles. The van der Waals surface area contributed by atoms with Crippen LogP contribution in [0.1, 0.15) is 20.3 Å². The minimum atomic E-state index is 0.0162. The van der Waals surface area contributed by atoms with Crippen LogP contribution in [-0.2, 0) is 0 Å². The van der Waals surface area contributed by atoms with E-state index in [0.29, 0.717) is 6.42 Å². The highest BCUT2D eigenvalue weighted by molar-refractivity contribution is 4.92. The Bertz CT molecular complexity index is 80.1. The molecule has 2 heteroatoms. The summed E-state index contributed by atoms with van der Waals surface area (Å²) in [5.74, 6) is 0.0856. The van der Waals surface area contributed by atoms with Crippen molar-refractivity contribution in [3.8, 4) is 0 Å². The van der Waals surface area contributed by atoms with Gasteiger partial charge in [0.1, 0.15) is 11.5 Å². The monoisotopic (exact) mass is 102 g/mol. The minimum Gasteiger partial charge on any atom is -0.509 e. The summed E-state index contributed by atoms with van der Waals surface area (Å²) in [6, 6.07) is 0. The molecular weight excluding hydrogens is 92.1 g/mol. The highest BCUT2D eigenvalue weighted by Crippen LogP contribution is 1.98. The molecule has 0 aliphatic carbocycles. The van der Waals surface area contributed by atoms with E-state index in [9.17, 15) is 0 Å². The fourth-order valence-corrected chi connectivity index (χ4v) is 0.256. The van der Waals surface area contributed by atoms with Gasteiger partial charge in [-0.15, -0.1) is 0 Å². The normalized spacial score (nSPS) is 13.4. The van der Waals surface area contributed by atoms with Crippen LogP contribution >= 0.6 is 0 Å². The highest BCUT2D eigenvalue weighted by Gasteiger charge is 1.89. The topological polar surface area (TPSA) is 40.5 Å². The summed E-state index contributed by atoms with van der Waals surface area (Å²) in [7, 11) is 0. The molecule has 0 unspecified atom stereocenters. The summed E-state index contributed by atoms with van der Waals surface area (Å²) in [4.78, 5) is 0. The van der Waals surface area contributed by atoms with Crippen molar-refractivity contribution < 1.29 is 10.2 Å². The second kappa shape index (κ2) is 2.50. The van der Waals surface area contributed by atoms with Gasteiger partial charge in [0.05, 0.1) is 0 Å². The molecule has 7 heavy (non-hydrogen) atoms. The lowest BCUT2D eigenvalue weighted by Crippen LogP contribution is -1.81. The molecule has 0 spiro atoms. The lowest BCUT2D eigenvalue weighted by molar-refractivity contribution is 0.316. The van der Waals surface area contributed by atoms with E-state index < -0.39 is 0 Å². The Morgan fingerprint density at radius 3 is 1.86 bits per heavy atom. The van der Waals surface area contributed by atoms with E-state index in [-0.39, 0.29) is 11.5 Å². The molecule has 0 radical (unpaired) electrons. The molecular formula is C5H10O2. The minimum absolute atomic E-state index is 0.0162. The summed E-state index contributed by atoms with van der Waals surface area (Å²) in [6.07, 6.45) is 0.502. The predicted molar refractivity (Wildman–Crippen MR) is 28.2 cm³/mol. The number of rotatable bonds is 1. The van der Waals surface area contributed by atoms with Crippen LogP contribution < -0.4 is 0 Å². The van der Waals surface area contributed by atoms with E-state index in [1.54, 1.807) is 6.92 Å². The second-order valence-corrected chi connectivity index (χ2v) is 1.39. The van der Waals surface area contributed by atoms with Gasteiger partial charge >= 0.3 is 0 Å². The number of hydrogen-bond acceptors (Lipinski definition) is 2. The van der Waals surface area contributed by atoms with Crippen LogP contribution in [0.25, 0.3) is 0 Å². The maximum absolute atomic E-state index is 8.56. The molecule has 0 aromatic rings. The van der Waals surface area contributed by atoms with Gasteiger partial charge in [0.15, 0.2) is 0 Å². The molecule has 0 aliphatic rings. The van der Waals surface area contributed by atoms with Gasteiger partial charge in [-0.25, -0.2) is 0 Å². The third-order valence-corrected chi connectivity index (χ3v) is 0.753. The van der Waals surface area contributed by atoms with Crippen LogP contribution in [0, 0.1) is 0 Å². The van der Waals surface area contributed by atoms with E-state index in [1.165, 1.54) is 6.92 Å². The number of allylic oxidation sites excluding steroid dienone is 2. The average Bonchev–Trinajstić information content (AvgIpc) is 1.65. The molecule has 0 heterocycles. The summed E-state index contributed by atoms with van der Waals surface area (Å²) >= 11 is 0. The Balaban J connectivity index is 3.72. The van der Waals surface area contributed by atoms with Crippen LogP contribution in [0.5, 0.6) is 0 Å². The van der Waals surface area contributed by atoms with E-state index in [0.717, 1.165) is 0 Å². The maximum Gasteiger partial charge on any atom is 0.129 e. The Hall–Kier alpha value is -0.660. The van der Waals surface area contributed by atoms with E-state index in [1.807, 2.05) is 0 Å². The van der Waals surface area contributed by atoms with Crippen LogP contribution in [0.2, 0.25) is 0 Å². The average molecular weight is 102 g/mol. The van der Waals surface area contributed by atoms with Crippen LogP contribution in [-0.4, -0.2) is 10.2 Å². The van der Waals surface area contributed by atoms with Crippen molar-refractivity contribution in [3.63, 3.8) is 0 Å². The summed E-state index contributed by atoms with van der Waals surface area (Å²) in [6.45, 7) is 3.23. The van der Waals surface area contributed by atoms with Crippen molar-refractivity contribution in [2.75, 3.05) is 0 Å². The van der Waals surface area contributed by atoms with Crippen molar-refractivity contribution in [3.05, 3.63) is 11.5 Å². The van der Waals surface area contributed by atoms with E-state index in [4.69, 9.17) is 10.2 Å². The summed E-state index contributed by atoms with van der Waals surface area (Å²) in [5.41, 5.74) is 0. The van der Waals surface area contributed by atoms with Crippen molar-refractivity contribution in [1.82, 2.24) is 0 Å². The number of aliphatic hydroxyl groups excluding tert-OH is 2. The predicted octanol–water partition coefficient (Wildman–Crippen LogP) is 1.74. The van der Waals surface area contributed by atoms with Gasteiger partial charge in [0, 0.05) is 6.42 Å². The van der Waals surface area contributed by atoms with Gasteiger partial charge in [-0.3, -0.25) is 0 Å². The van der Waals surface area contributed by atoms with Crippen molar-refractivity contribution >= 4 is 0 Å². The van der Waals surface area contributed by atoms with Crippen molar-refractivity contribution in [2.24, 2.45) is 0 Å². The molecule has 0 aromatic carbocycles. The third kappa shape index (κ3) is 2.09. The van der Waals surface area contributed by atoms with Crippen LogP contribution in [0.3, 0.4) is 0 Å². The number of hydrogen-bond donors (Lipinski definition) is 2. The zero-order valence-electron chi connectivity index (χ0n) is 4.60. The van der Waals surface area contributed by atoms with Gasteiger partial charge in [0.2, 0.25) is 0 Å². The van der Waals surface area contributed by atoms with E-state index >= 15 is 0 Å². The van der Waals surface area contributed by atoms with Gasteiger partial charge in [-0.1, -0.05) is 6.92 Å². The smallest absolute Gasteiger partial charge is 0.129 e. The largest absolute Gasteiger partial charge is 0.509 e. The second-order valence-electron chi connectivity index (χ2n) is 1.39. The molecule has 2 N–H and O–H groups in total. The lowest BCUT2D eigenvalue weighted by Gasteiger charge is -1.92. The molecule has 0 fully saturated rings. The van der Waals surface area contributed by atoms with Crippen molar-refractivity contribution in [2.45, 2.75) is 20.3 Å². The Morgan fingerprint density at radius 1 is 1.43 bits per heavy atom. The highest BCUT2D eigenvalue weighted by atomic mass is 16.3. The first kappa shape index (κ1) is 6.34. The Kier molecular flexibility index (Phi) is 2.27. The molecule has 0 atom stereocenters. The van der Waals surface area contributed by atoms with Gasteiger partial charge in [0.25, 0.3) is 0 Å². The van der Waals surface area contributed by atoms with E-state index in [2.05, 4.69) is 0 Å². The maximum atomic E-state index is 8.56. The first-order valence-corrected chi connectivity index (χ1v) is 2.26. The molecule has 0 saturated heterocycles. The molecule has 2 nitrogen and oxygen atoms in total. The number of aliphatic hydroxyl groups is 2. The molecule has 0 aliphatic heterocycles. The van der Waals surface area contributed by atoms with Crippen molar-refractivity contribution in [1.29, 1.82) is 0 Å². The molecule has 42 valence electrons. The Morgan fingerprint density at radius 2 is 1.86 bits per heavy atom.